The molecule has 2 atom stereocenters. The zero-order valence-electron chi connectivity index (χ0n) is 14.2. The zero-order valence-corrected chi connectivity index (χ0v) is 14.2. The molecule has 0 spiro atoms. The van der Waals surface area contributed by atoms with Crippen molar-refractivity contribution in [1.82, 2.24) is 4.90 Å². The lowest BCUT2D eigenvalue weighted by Crippen LogP contribution is -2.48. The number of rotatable bonds is 4. The monoisotopic (exact) mass is 397 g/mol. The highest BCUT2D eigenvalue weighted by molar-refractivity contribution is 5.82. The first-order valence-corrected chi connectivity index (χ1v) is 8.03. The molecule has 1 aromatic rings. The Morgan fingerprint density at radius 2 is 1.85 bits per heavy atom. The second kappa shape index (κ2) is 7.05. The number of hydrogen-bond donors (Lipinski definition) is 1. The number of benzene rings is 1. The maximum Gasteiger partial charge on any atom is 0.416 e. The second-order valence-corrected chi connectivity index (χ2v) is 6.70. The molecule has 4 nitrogen and oxygen atoms in total. The van der Waals surface area contributed by atoms with Crippen molar-refractivity contribution in [3.05, 3.63) is 35.4 Å². The maximum atomic E-state index is 13.2. The fourth-order valence-corrected chi connectivity index (χ4v) is 3.15. The zero-order chi connectivity index (χ0) is 20.6. The van der Waals surface area contributed by atoms with Crippen LogP contribution in [0.4, 0.5) is 26.3 Å². The molecule has 0 saturated carbocycles. The summed E-state index contributed by atoms with van der Waals surface area (Å²) in [6.45, 7) is 0.00607. The first-order valence-electron chi connectivity index (χ1n) is 8.03. The molecule has 27 heavy (non-hydrogen) atoms. The van der Waals surface area contributed by atoms with Crippen LogP contribution in [0, 0.1) is 11.3 Å². The van der Waals surface area contributed by atoms with Gasteiger partial charge in [-0.25, -0.2) is 0 Å². The average Bonchev–Trinajstić information content (AvgIpc) is 3.00. The number of carboxylic acid groups (broad SMARTS) is 1. The van der Waals surface area contributed by atoms with Crippen LogP contribution >= 0.6 is 0 Å². The second-order valence-electron chi connectivity index (χ2n) is 6.70. The van der Waals surface area contributed by atoms with Crippen molar-refractivity contribution in [3.63, 3.8) is 0 Å². The quantitative estimate of drug-likeness (QED) is 0.788. The molecule has 0 bridgehead atoms. The predicted molar refractivity (Wildman–Crippen MR) is 81.6 cm³/mol. The van der Waals surface area contributed by atoms with Crippen LogP contribution < -0.4 is 0 Å². The minimum absolute atomic E-state index is 0.106. The Labute approximate surface area is 150 Å². The lowest BCUT2D eigenvalue weighted by molar-refractivity contribution is -0.227. The van der Waals surface area contributed by atoms with Gasteiger partial charge in [-0.2, -0.15) is 26.3 Å². The molecule has 1 aliphatic rings. The van der Waals surface area contributed by atoms with Gasteiger partial charge in [0.05, 0.1) is 5.56 Å². The minimum Gasteiger partial charge on any atom is -0.481 e. The Hall–Kier alpha value is -2.26. The third-order valence-electron chi connectivity index (χ3n) is 4.75. The lowest BCUT2D eigenvalue weighted by Gasteiger charge is -2.28. The molecular formula is C17H17F6NO3. The first kappa shape index (κ1) is 21.0. The third kappa shape index (κ3) is 4.19. The minimum atomic E-state index is -5.02. The van der Waals surface area contributed by atoms with Gasteiger partial charge in [0.2, 0.25) is 5.91 Å². The van der Waals surface area contributed by atoms with Gasteiger partial charge in [-0.05, 0) is 24.5 Å². The van der Waals surface area contributed by atoms with E-state index in [1.807, 2.05) is 0 Å². The van der Waals surface area contributed by atoms with E-state index in [2.05, 4.69) is 0 Å². The Morgan fingerprint density at radius 1 is 1.22 bits per heavy atom. The van der Waals surface area contributed by atoms with Crippen molar-refractivity contribution < 1.29 is 41.0 Å². The summed E-state index contributed by atoms with van der Waals surface area (Å²) in [4.78, 5) is 24.4. The normalized spacial score (nSPS) is 22.0. The van der Waals surface area contributed by atoms with Gasteiger partial charge in [0.25, 0.3) is 0 Å². The van der Waals surface area contributed by atoms with E-state index in [0.717, 1.165) is 17.0 Å². The summed E-state index contributed by atoms with van der Waals surface area (Å²) in [5.41, 5.74) is -3.69. The SMILES string of the molecule is CC(Cc1cccc(C(F)(F)F)c1)C(=O)N1CCC(C(=O)O)(C(F)(F)F)C1. The Bertz CT molecular complexity index is 730. The number of halogens is 6. The van der Waals surface area contributed by atoms with Gasteiger partial charge in [-0.15, -0.1) is 0 Å². The summed E-state index contributed by atoms with van der Waals surface area (Å²) in [5.74, 6) is -3.66. The smallest absolute Gasteiger partial charge is 0.416 e. The Balaban J connectivity index is 2.12. The van der Waals surface area contributed by atoms with Gasteiger partial charge < -0.3 is 10.0 Å². The number of carboxylic acids is 1. The summed E-state index contributed by atoms with van der Waals surface area (Å²) in [6, 6.07) is 4.33. The molecule has 10 heteroatoms. The molecule has 1 fully saturated rings. The molecule has 1 heterocycles. The average molecular weight is 397 g/mol. The fraction of sp³-hybridized carbons (Fsp3) is 0.529. The van der Waals surface area contributed by atoms with Crippen molar-refractivity contribution in [1.29, 1.82) is 0 Å². The molecule has 2 rings (SSSR count). The van der Waals surface area contributed by atoms with Crippen LogP contribution in [0.3, 0.4) is 0 Å². The number of amides is 1. The van der Waals surface area contributed by atoms with Crippen molar-refractivity contribution in [2.24, 2.45) is 11.3 Å². The molecule has 150 valence electrons. The topological polar surface area (TPSA) is 57.6 Å². The molecule has 1 N–H and O–H groups in total. The summed E-state index contributed by atoms with van der Waals surface area (Å²) < 4.78 is 77.8. The van der Waals surface area contributed by atoms with Crippen molar-refractivity contribution in [2.75, 3.05) is 13.1 Å². The van der Waals surface area contributed by atoms with Crippen LogP contribution in [-0.2, 0) is 22.2 Å². The van der Waals surface area contributed by atoms with Crippen LogP contribution in [0.25, 0.3) is 0 Å². The maximum absolute atomic E-state index is 13.2. The van der Waals surface area contributed by atoms with Crippen LogP contribution in [0.1, 0.15) is 24.5 Å². The van der Waals surface area contributed by atoms with Crippen LogP contribution in [0.15, 0.2) is 24.3 Å². The Kier molecular flexibility index (Phi) is 5.49. The highest BCUT2D eigenvalue weighted by Crippen LogP contribution is 2.46. The summed E-state index contributed by atoms with van der Waals surface area (Å²) in [7, 11) is 0. The van der Waals surface area contributed by atoms with Crippen LogP contribution in [0.2, 0.25) is 0 Å². The van der Waals surface area contributed by atoms with E-state index in [4.69, 9.17) is 5.11 Å². The molecule has 1 saturated heterocycles. The number of aliphatic carboxylic acids is 1. The van der Waals surface area contributed by atoms with Crippen LogP contribution in [0.5, 0.6) is 0 Å². The summed E-state index contributed by atoms with van der Waals surface area (Å²) in [6.07, 6.45) is -10.4. The van der Waals surface area contributed by atoms with E-state index < -0.39 is 54.1 Å². The van der Waals surface area contributed by atoms with Gasteiger partial charge in [0.1, 0.15) is 0 Å². The number of hydrogen-bond acceptors (Lipinski definition) is 2. The van der Waals surface area contributed by atoms with Gasteiger partial charge >= 0.3 is 18.3 Å². The van der Waals surface area contributed by atoms with E-state index in [-0.39, 0.29) is 18.5 Å². The van der Waals surface area contributed by atoms with Gasteiger partial charge in [0, 0.05) is 19.0 Å². The van der Waals surface area contributed by atoms with E-state index in [1.165, 1.54) is 19.1 Å². The van der Waals surface area contributed by atoms with Gasteiger partial charge in [-0.1, -0.05) is 25.1 Å². The fourth-order valence-electron chi connectivity index (χ4n) is 3.15. The third-order valence-corrected chi connectivity index (χ3v) is 4.75. The van der Waals surface area contributed by atoms with Crippen molar-refractivity contribution >= 4 is 11.9 Å². The molecular weight excluding hydrogens is 380 g/mol. The van der Waals surface area contributed by atoms with E-state index in [9.17, 15) is 35.9 Å². The lowest BCUT2D eigenvalue weighted by atomic mass is 9.86. The van der Waals surface area contributed by atoms with Crippen LogP contribution in [-0.4, -0.2) is 41.1 Å². The van der Waals surface area contributed by atoms with Gasteiger partial charge in [0.15, 0.2) is 5.41 Å². The summed E-state index contributed by atoms with van der Waals surface area (Å²) in [5, 5.41) is 9.02. The van der Waals surface area contributed by atoms with Crippen molar-refractivity contribution in [3.8, 4) is 0 Å². The highest BCUT2D eigenvalue weighted by Gasteiger charge is 2.64. The van der Waals surface area contributed by atoms with E-state index in [0.29, 0.717) is 0 Å². The number of likely N-dealkylation sites (tertiary alicyclic amines) is 1. The largest absolute Gasteiger partial charge is 0.481 e. The number of alkyl halides is 6. The molecule has 1 aliphatic heterocycles. The van der Waals surface area contributed by atoms with Gasteiger partial charge in [-0.3, -0.25) is 9.59 Å². The molecule has 1 amide bonds. The number of carbonyl (C=O) groups is 2. The van der Waals surface area contributed by atoms with Crippen molar-refractivity contribution in [2.45, 2.75) is 32.1 Å². The standard InChI is InChI=1S/C17H17F6NO3/c1-10(7-11-3-2-4-12(8-11)16(18,19)20)13(25)24-6-5-15(9-24,14(26)27)17(21,22)23/h2-4,8,10H,5-7,9H2,1H3,(H,26,27). The van der Waals surface area contributed by atoms with E-state index in [1.54, 1.807) is 0 Å². The number of carbonyl (C=O) groups excluding carboxylic acids is 1. The number of nitrogens with zero attached hydrogens (tertiary/aromatic N) is 1. The molecule has 2 unspecified atom stereocenters. The molecule has 0 radical (unpaired) electrons. The first-order chi connectivity index (χ1) is 12.3. The Morgan fingerprint density at radius 3 is 2.33 bits per heavy atom. The predicted octanol–water partition coefficient (Wildman–Crippen LogP) is 3.75. The molecule has 0 aliphatic carbocycles. The summed E-state index contributed by atoms with van der Waals surface area (Å²) >= 11 is 0. The molecule has 0 aromatic heterocycles. The highest BCUT2D eigenvalue weighted by atomic mass is 19.4. The van der Waals surface area contributed by atoms with E-state index >= 15 is 0 Å². The molecule has 1 aromatic carbocycles.